The Morgan fingerprint density at radius 2 is 2.24 bits per heavy atom. The van der Waals surface area contributed by atoms with Crippen molar-refractivity contribution in [1.82, 2.24) is 0 Å². The lowest BCUT2D eigenvalue weighted by Gasteiger charge is -2.28. The summed E-state index contributed by atoms with van der Waals surface area (Å²) in [4.78, 5) is 11.4. The van der Waals surface area contributed by atoms with Gasteiger partial charge in [-0.1, -0.05) is 37.5 Å². The number of hydrogen-bond acceptors (Lipinski definition) is 2. The number of rotatable bonds is 4. The smallest absolute Gasteiger partial charge is 0.311 e. The molecule has 3 N–H and O–H groups in total. The van der Waals surface area contributed by atoms with E-state index in [9.17, 15) is 9.90 Å². The van der Waals surface area contributed by atoms with Gasteiger partial charge in [0.2, 0.25) is 0 Å². The van der Waals surface area contributed by atoms with Crippen LogP contribution in [0.1, 0.15) is 42.7 Å². The largest absolute Gasteiger partial charge is 0.481 e. The molecule has 1 aliphatic rings. The number of hydrogen-bond donors (Lipinski definition) is 2. The van der Waals surface area contributed by atoms with Crippen LogP contribution < -0.4 is 5.73 Å². The van der Waals surface area contributed by atoms with Gasteiger partial charge in [0.05, 0.1) is 5.92 Å². The zero-order chi connectivity index (χ0) is 12.4. The summed E-state index contributed by atoms with van der Waals surface area (Å²) in [5.74, 6) is -0.634. The Morgan fingerprint density at radius 3 is 2.76 bits per heavy atom. The van der Waals surface area contributed by atoms with Crippen molar-refractivity contribution in [2.45, 2.75) is 38.5 Å². The quantitative estimate of drug-likeness (QED) is 0.786. The number of carbonyl (C=O) groups is 1. The molecule has 1 aromatic rings. The number of benzene rings is 1. The average molecular weight is 233 g/mol. The highest BCUT2D eigenvalue weighted by atomic mass is 16.4. The van der Waals surface area contributed by atoms with Crippen molar-refractivity contribution >= 4 is 11.7 Å². The lowest BCUT2D eigenvalue weighted by atomic mass is 9.77. The normalized spacial score (nSPS) is 17.5. The number of aliphatic carboxylic acids is 1. The molecule has 0 amide bonds. The molecule has 17 heavy (non-hydrogen) atoms. The third kappa shape index (κ3) is 2.43. The molecular weight excluding hydrogens is 214 g/mol. The third-order valence-electron chi connectivity index (χ3n) is 3.83. The monoisotopic (exact) mass is 233 g/mol. The minimum atomic E-state index is -0.755. The van der Waals surface area contributed by atoms with E-state index < -0.39 is 11.9 Å². The van der Waals surface area contributed by atoms with Crippen LogP contribution in [0.4, 0.5) is 5.69 Å². The van der Waals surface area contributed by atoms with E-state index in [2.05, 4.69) is 0 Å². The predicted molar refractivity (Wildman–Crippen MR) is 67.9 cm³/mol. The molecular formula is C14H19NO2. The van der Waals surface area contributed by atoms with Crippen LogP contribution >= 0.6 is 0 Å². The molecule has 1 atom stereocenters. The van der Waals surface area contributed by atoms with E-state index >= 15 is 0 Å². The molecule has 1 fully saturated rings. The van der Waals surface area contributed by atoms with Crippen LogP contribution in [0.3, 0.4) is 0 Å². The first-order chi connectivity index (χ1) is 8.09. The van der Waals surface area contributed by atoms with Gasteiger partial charge in [0.25, 0.3) is 0 Å². The van der Waals surface area contributed by atoms with Crippen LogP contribution in [0, 0.1) is 12.8 Å². The Kier molecular flexibility index (Phi) is 3.36. The van der Waals surface area contributed by atoms with E-state index in [1.54, 1.807) is 0 Å². The molecule has 1 aliphatic carbocycles. The van der Waals surface area contributed by atoms with Gasteiger partial charge in [-0.2, -0.15) is 0 Å². The Balaban J connectivity index is 2.25. The van der Waals surface area contributed by atoms with Crippen LogP contribution in [0.2, 0.25) is 0 Å². The molecule has 0 aromatic heterocycles. The highest BCUT2D eigenvalue weighted by Gasteiger charge is 2.28. The maximum atomic E-state index is 11.4. The van der Waals surface area contributed by atoms with Crippen molar-refractivity contribution in [2.24, 2.45) is 5.92 Å². The number of carboxylic acid groups (broad SMARTS) is 1. The first kappa shape index (κ1) is 12.0. The standard InChI is InChI=1S/C14H19NO2/c1-9-4-2-7-11(13(9)15)12(14(16)17)8-10-5-3-6-10/h2,4,7,10,12H,3,5-6,8,15H2,1H3,(H,16,17). The Morgan fingerprint density at radius 1 is 1.53 bits per heavy atom. The van der Waals surface area contributed by atoms with E-state index in [0.29, 0.717) is 11.6 Å². The van der Waals surface area contributed by atoms with Crippen LogP contribution in [-0.4, -0.2) is 11.1 Å². The second kappa shape index (κ2) is 4.78. The molecule has 0 aliphatic heterocycles. The third-order valence-corrected chi connectivity index (χ3v) is 3.83. The fourth-order valence-electron chi connectivity index (χ4n) is 2.43. The van der Waals surface area contributed by atoms with Crippen molar-refractivity contribution in [3.8, 4) is 0 Å². The lowest BCUT2D eigenvalue weighted by molar-refractivity contribution is -0.139. The number of anilines is 1. The fraction of sp³-hybridized carbons (Fsp3) is 0.500. The van der Waals surface area contributed by atoms with Gasteiger partial charge in [-0.05, 0) is 30.4 Å². The molecule has 92 valence electrons. The van der Waals surface area contributed by atoms with Gasteiger partial charge in [0.15, 0.2) is 0 Å². The van der Waals surface area contributed by atoms with Gasteiger partial charge >= 0.3 is 5.97 Å². The summed E-state index contributed by atoms with van der Waals surface area (Å²) in [6, 6.07) is 5.65. The minimum absolute atomic E-state index is 0.444. The summed E-state index contributed by atoms with van der Waals surface area (Å²) in [7, 11) is 0. The molecule has 1 saturated carbocycles. The molecule has 3 nitrogen and oxygen atoms in total. The van der Waals surface area contributed by atoms with E-state index in [-0.39, 0.29) is 0 Å². The molecule has 3 heteroatoms. The molecule has 0 spiro atoms. The summed E-state index contributed by atoms with van der Waals surface area (Å²) < 4.78 is 0. The summed E-state index contributed by atoms with van der Waals surface area (Å²) >= 11 is 0. The van der Waals surface area contributed by atoms with Gasteiger partial charge in [0, 0.05) is 5.69 Å². The van der Waals surface area contributed by atoms with Crippen LogP contribution in [0.15, 0.2) is 18.2 Å². The van der Waals surface area contributed by atoms with Gasteiger partial charge in [-0.25, -0.2) is 0 Å². The topological polar surface area (TPSA) is 63.3 Å². The molecule has 0 radical (unpaired) electrons. The van der Waals surface area contributed by atoms with Gasteiger partial charge in [-0.3, -0.25) is 4.79 Å². The highest BCUT2D eigenvalue weighted by Crippen LogP contribution is 2.37. The number of nitrogen functional groups attached to an aromatic ring is 1. The summed E-state index contributed by atoms with van der Waals surface area (Å²) in [6.45, 7) is 1.92. The van der Waals surface area contributed by atoms with Crippen molar-refractivity contribution in [2.75, 3.05) is 5.73 Å². The summed E-state index contributed by atoms with van der Waals surface area (Å²) in [5, 5.41) is 9.35. The number of aryl methyl sites for hydroxylation is 1. The highest BCUT2D eigenvalue weighted by molar-refractivity contribution is 5.79. The van der Waals surface area contributed by atoms with Gasteiger partial charge in [0.1, 0.15) is 0 Å². The molecule has 1 aromatic carbocycles. The summed E-state index contributed by atoms with van der Waals surface area (Å²) in [6.07, 6.45) is 4.29. The second-order valence-electron chi connectivity index (χ2n) is 5.00. The first-order valence-electron chi connectivity index (χ1n) is 6.17. The van der Waals surface area contributed by atoms with Crippen LogP contribution in [0.25, 0.3) is 0 Å². The molecule has 0 bridgehead atoms. The fourth-order valence-corrected chi connectivity index (χ4v) is 2.43. The van der Waals surface area contributed by atoms with E-state index in [1.807, 2.05) is 25.1 Å². The number of para-hydroxylation sites is 1. The Labute approximate surface area is 102 Å². The number of nitrogens with two attached hydrogens (primary N) is 1. The Hall–Kier alpha value is -1.51. The predicted octanol–water partition coefficient (Wildman–Crippen LogP) is 2.94. The van der Waals surface area contributed by atoms with Crippen molar-refractivity contribution in [3.63, 3.8) is 0 Å². The van der Waals surface area contributed by atoms with Crippen molar-refractivity contribution < 1.29 is 9.90 Å². The first-order valence-corrected chi connectivity index (χ1v) is 6.17. The van der Waals surface area contributed by atoms with E-state index in [0.717, 1.165) is 30.4 Å². The Bertz CT molecular complexity index is 424. The van der Waals surface area contributed by atoms with E-state index in [1.165, 1.54) is 6.42 Å². The average Bonchev–Trinajstić information content (AvgIpc) is 2.21. The lowest BCUT2D eigenvalue weighted by Crippen LogP contribution is -2.21. The maximum Gasteiger partial charge on any atom is 0.311 e. The van der Waals surface area contributed by atoms with Crippen molar-refractivity contribution in [3.05, 3.63) is 29.3 Å². The van der Waals surface area contributed by atoms with Gasteiger partial charge < -0.3 is 10.8 Å². The molecule has 0 saturated heterocycles. The minimum Gasteiger partial charge on any atom is -0.481 e. The van der Waals surface area contributed by atoms with Crippen molar-refractivity contribution in [1.29, 1.82) is 0 Å². The maximum absolute atomic E-state index is 11.4. The van der Waals surface area contributed by atoms with E-state index in [4.69, 9.17) is 5.73 Å². The SMILES string of the molecule is Cc1cccc(C(CC2CCC2)C(=O)O)c1N. The van der Waals surface area contributed by atoms with Crippen LogP contribution in [0.5, 0.6) is 0 Å². The molecule has 0 heterocycles. The number of carboxylic acids is 1. The van der Waals surface area contributed by atoms with Crippen LogP contribution in [-0.2, 0) is 4.79 Å². The second-order valence-corrected chi connectivity index (χ2v) is 5.00. The zero-order valence-corrected chi connectivity index (χ0v) is 10.1. The zero-order valence-electron chi connectivity index (χ0n) is 10.1. The van der Waals surface area contributed by atoms with Gasteiger partial charge in [-0.15, -0.1) is 0 Å². The molecule has 1 unspecified atom stereocenters. The summed E-state index contributed by atoms with van der Waals surface area (Å²) in [5.41, 5.74) is 8.37. The molecule has 2 rings (SSSR count).